The minimum Gasteiger partial charge on any atom is -0.256 e. The summed E-state index contributed by atoms with van der Waals surface area (Å²) in [6.07, 6.45) is 6.33. The molecule has 60 heavy (non-hydrogen) atoms. The zero-order valence-corrected chi connectivity index (χ0v) is 36.9. The fourth-order valence-corrected chi connectivity index (χ4v) is 11.2. The lowest BCUT2D eigenvalue weighted by Crippen LogP contribution is -2.18. The lowest BCUT2D eigenvalue weighted by Gasteiger charge is -2.22. The van der Waals surface area contributed by atoms with Crippen molar-refractivity contribution in [1.82, 2.24) is 9.97 Å². The summed E-state index contributed by atoms with van der Waals surface area (Å²) in [7, 11) is 0. The predicted molar refractivity (Wildman–Crippen MR) is 250 cm³/mol. The molecule has 2 aliphatic carbocycles. The Balaban J connectivity index is 1.07. The molecule has 0 unspecified atom stereocenters. The Kier molecular flexibility index (Phi) is 9.18. The summed E-state index contributed by atoms with van der Waals surface area (Å²) < 4.78 is 0. The van der Waals surface area contributed by atoms with Gasteiger partial charge in [-0.2, -0.15) is 5.26 Å². The summed E-state index contributed by atoms with van der Waals surface area (Å²) in [4.78, 5) is 10.2. The number of benzene rings is 5. The van der Waals surface area contributed by atoms with Gasteiger partial charge in [0.15, 0.2) is 0 Å². The van der Waals surface area contributed by atoms with Crippen molar-refractivity contribution in [1.29, 1.82) is 5.26 Å². The van der Waals surface area contributed by atoms with Crippen molar-refractivity contribution in [3.63, 3.8) is 0 Å². The van der Waals surface area contributed by atoms with Crippen LogP contribution in [0.25, 0.3) is 67.0 Å². The molecule has 0 spiro atoms. The van der Waals surface area contributed by atoms with Gasteiger partial charge in [0.1, 0.15) is 0 Å². The highest BCUT2D eigenvalue weighted by Crippen LogP contribution is 2.52. The van der Waals surface area contributed by atoms with Gasteiger partial charge in [-0.15, -0.1) is 0 Å². The van der Waals surface area contributed by atoms with Gasteiger partial charge in [0.05, 0.1) is 23.0 Å². The lowest BCUT2D eigenvalue weighted by atomic mass is 9.82. The third kappa shape index (κ3) is 6.67. The van der Waals surface area contributed by atoms with Crippen molar-refractivity contribution in [3.8, 4) is 73.1 Å². The number of hydrogen-bond acceptors (Lipinski definition) is 3. The first-order valence-corrected chi connectivity index (χ1v) is 21.4. The Morgan fingerprint density at radius 3 is 1.18 bits per heavy atom. The van der Waals surface area contributed by atoms with Gasteiger partial charge >= 0.3 is 0 Å². The van der Waals surface area contributed by atoms with Gasteiger partial charge in [-0.1, -0.05) is 128 Å². The highest BCUT2D eigenvalue weighted by atomic mass is 14.7. The molecule has 2 aromatic heterocycles. The first-order valence-electron chi connectivity index (χ1n) is 21.4. The van der Waals surface area contributed by atoms with E-state index in [1.54, 1.807) is 0 Å². The number of nitrogens with zero attached hydrogens (tertiary/aromatic N) is 3. The quantitative estimate of drug-likeness (QED) is 0.169. The van der Waals surface area contributed by atoms with E-state index in [2.05, 4.69) is 178 Å². The van der Waals surface area contributed by atoms with E-state index in [1.807, 2.05) is 24.5 Å². The number of nitriles is 1. The summed E-state index contributed by atoms with van der Waals surface area (Å²) in [5.41, 5.74) is 22.0. The Morgan fingerprint density at radius 2 is 0.800 bits per heavy atom. The predicted octanol–water partition coefficient (Wildman–Crippen LogP) is 14.9. The van der Waals surface area contributed by atoms with E-state index in [-0.39, 0.29) is 21.7 Å². The summed E-state index contributed by atoms with van der Waals surface area (Å²) >= 11 is 0. The fraction of sp³-hybridized carbons (Fsp3) is 0.281. The average Bonchev–Trinajstić information content (AvgIpc) is 3.54. The van der Waals surface area contributed by atoms with Crippen molar-refractivity contribution < 1.29 is 0 Å². The van der Waals surface area contributed by atoms with Crippen molar-refractivity contribution in [3.05, 3.63) is 167 Å². The maximum Gasteiger partial charge on any atom is 0.0992 e. The molecule has 0 fully saturated rings. The molecule has 0 bridgehead atoms. The first kappa shape index (κ1) is 39.4. The van der Waals surface area contributed by atoms with Gasteiger partial charge < -0.3 is 0 Å². The number of fused-ring (bicyclic) bond motifs is 2. The lowest BCUT2D eigenvalue weighted by molar-refractivity contribution is 0.402. The van der Waals surface area contributed by atoms with Crippen LogP contribution in [0.5, 0.6) is 0 Å². The fourth-order valence-electron chi connectivity index (χ4n) is 11.2. The van der Waals surface area contributed by atoms with E-state index >= 15 is 0 Å². The van der Waals surface area contributed by atoms with Gasteiger partial charge in [-0.3, -0.25) is 9.97 Å². The molecular formula is C57H55N3. The number of pyridine rings is 2. The van der Waals surface area contributed by atoms with Crippen LogP contribution in [0.4, 0.5) is 0 Å². The molecule has 2 heterocycles. The molecule has 9 rings (SSSR count). The zero-order valence-electron chi connectivity index (χ0n) is 36.9. The zero-order chi connectivity index (χ0) is 42.4. The van der Waals surface area contributed by atoms with Gasteiger partial charge in [0.25, 0.3) is 0 Å². The molecule has 0 amide bonds. The molecule has 3 nitrogen and oxygen atoms in total. The smallest absolute Gasteiger partial charge is 0.0992 e. The number of aryl methyl sites for hydroxylation is 2. The highest BCUT2D eigenvalue weighted by molar-refractivity contribution is 5.91. The summed E-state index contributed by atoms with van der Waals surface area (Å²) in [6.45, 7) is 23.2. The van der Waals surface area contributed by atoms with Gasteiger partial charge in [-0.25, -0.2) is 0 Å². The molecule has 0 aliphatic heterocycles. The largest absolute Gasteiger partial charge is 0.256 e. The molecule has 3 heteroatoms. The van der Waals surface area contributed by atoms with Gasteiger partial charge in [0, 0.05) is 34.6 Å². The van der Waals surface area contributed by atoms with E-state index in [4.69, 9.17) is 9.97 Å². The van der Waals surface area contributed by atoms with E-state index in [0.717, 1.165) is 91.0 Å². The van der Waals surface area contributed by atoms with Crippen molar-refractivity contribution >= 4 is 0 Å². The molecular weight excluding hydrogens is 727 g/mol. The monoisotopic (exact) mass is 781 g/mol. The van der Waals surface area contributed by atoms with Crippen LogP contribution in [0.3, 0.4) is 0 Å². The number of hydrogen-bond donors (Lipinski definition) is 0. The maximum absolute atomic E-state index is 10.4. The summed E-state index contributed by atoms with van der Waals surface area (Å²) in [5, 5.41) is 10.4. The minimum atomic E-state index is 0.124. The SMILES string of the molecule is Cc1cc(-c2ccc3c(c2)C(C)(C)CC3(C)C)ncc1-c1ccccc1-c1cc(C#N)cc(-c2ccccc2-c2cnc(-c3ccc4c(c3)C(C)(C)CC4(C)C)cc2C)c1. The van der Waals surface area contributed by atoms with E-state index in [1.165, 1.54) is 22.3 Å². The second-order valence-corrected chi connectivity index (χ2v) is 20.2. The third-order valence-electron chi connectivity index (χ3n) is 13.7. The van der Waals surface area contributed by atoms with E-state index < -0.39 is 0 Å². The Morgan fingerprint density at radius 1 is 0.417 bits per heavy atom. The molecule has 0 N–H and O–H groups in total. The number of aromatic nitrogens is 2. The highest BCUT2D eigenvalue weighted by Gasteiger charge is 2.43. The van der Waals surface area contributed by atoms with Crippen LogP contribution in [-0.2, 0) is 21.7 Å². The molecule has 0 saturated heterocycles. The third-order valence-corrected chi connectivity index (χ3v) is 13.7. The van der Waals surface area contributed by atoms with Crippen LogP contribution in [0.15, 0.2) is 128 Å². The molecule has 0 saturated carbocycles. The van der Waals surface area contributed by atoms with E-state index in [0.29, 0.717) is 5.56 Å². The molecule has 0 atom stereocenters. The van der Waals surface area contributed by atoms with Crippen molar-refractivity contribution in [2.75, 3.05) is 0 Å². The van der Waals surface area contributed by atoms with Crippen LogP contribution in [0.2, 0.25) is 0 Å². The van der Waals surface area contributed by atoms with E-state index in [9.17, 15) is 5.26 Å². The second kappa shape index (κ2) is 14.0. The topological polar surface area (TPSA) is 49.6 Å². The summed E-state index contributed by atoms with van der Waals surface area (Å²) in [5.74, 6) is 0. The molecule has 298 valence electrons. The number of rotatable bonds is 6. The Bertz CT molecular complexity index is 2730. The Labute approximate surface area is 357 Å². The minimum absolute atomic E-state index is 0.124. The van der Waals surface area contributed by atoms with Crippen molar-refractivity contribution in [2.45, 2.75) is 104 Å². The van der Waals surface area contributed by atoms with Crippen LogP contribution in [0.1, 0.15) is 107 Å². The normalized spacial score (nSPS) is 16.6. The standard InChI is InChI=1S/C57H55N3/c1-35-23-52(38-19-21-48-50(28-38)56(7,8)33-54(48,3)4)59-31-46(35)44-17-13-11-15-42(44)40-25-37(30-58)26-41(27-40)43-16-12-14-18-45(43)47-32-60-53(24-36(47)2)39-20-22-49-51(29-39)57(9,10)34-55(49,5)6/h11-29,31-32H,33-34H2,1-10H3. The molecule has 5 aromatic carbocycles. The molecule has 2 aliphatic rings. The average molecular weight is 782 g/mol. The molecule has 0 radical (unpaired) electrons. The van der Waals surface area contributed by atoms with Crippen LogP contribution in [0, 0.1) is 25.2 Å². The first-order chi connectivity index (χ1) is 28.5. The van der Waals surface area contributed by atoms with Gasteiger partial charge in [0.2, 0.25) is 0 Å². The Hall–Kier alpha value is -6.11. The van der Waals surface area contributed by atoms with Crippen LogP contribution in [-0.4, -0.2) is 9.97 Å². The van der Waals surface area contributed by atoms with Crippen LogP contribution >= 0.6 is 0 Å². The second-order valence-electron chi connectivity index (χ2n) is 20.2. The van der Waals surface area contributed by atoms with Crippen molar-refractivity contribution in [2.24, 2.45) is 0 Å². The van der Waals surface area contributed by atoms with Gasteiger partial charge in [-0.05, 0) is 158 Å². The summed E-state index contributed by atoms with van der Waals surface area (Å²) in [6, 6.07) is 44.0. The maximum atomic E-state index is 10.4. The molecule has 7 aromatic rings. The van der Waals surface area contributed by atoms with Crippen LogP contribution < -0.4 is 0 Å².